The van der Waals surface area contributed by atoms with Crippen molar-refractivity contribution < 1.29 is 14.7 Å². The van der Waals surface area contributed by atoms with Crippen LogP contribution in [0.15, 0.2) is 67.0 Å². The van der Waals surface area contributed by atoms with Gasteiger partial charge >= 0.3 is 0 Å². The summed E-state index contributed by atoms with van der Waals surface area (Å²) in [7, 11) is 0. The number of benzene rings is 2. The van der Waals surface area contributed by atoms with Crippen LogP contribution in [0.25, 0.3) is 11.4 Å². The number of hydrogen-bond acceptors (Lipinski definition) is 6. The second kappa shape index (κ2) is 12.5. The third kappa shape index (κ3) is 7.07. The van der Waals surface area contributed by atoms with Gasteiger partial charge in [-0.05, 0) is 69.3 Å². The molecule has 204 valence electrons. The van der Waals surface area contributed by atoms with Gasteiger partial charge < -0.3 is 20.6 Å². The quantitative estimate of drug-likeness (QED) is 0.349. The largest absolute Gasteiger partial charge is 0.393 e. The number of rotatable bonds is 10. The van der Waals surface area contributed by atoms with Gasteiger partial charge in [0.2, 0.25) is 5.91 Å². The fraction of sp³-hybridized carbons (Fsp3) is 0.419. The lowest BCUT2D eigenvalue weighted by atomic mass is 10.0. The number of aryl methyl sites for hydroxylation is 1. The molecule has 2 amide bonds. The highest BCUT2D eigenvalue weighted by Gasteiger charge is 2.37. The zero-order chi connectivity index (χ0) is 27.2. The van der Waals surface area contributed by atoms with Gasteiger partial charge in [0.05, 0.1) is 6.10 Å². The summed E-state index contributed by atoms with van der Waals surface area (Å²) >= 11 is 0. The van der Waals surface area contributed by atoms with E-state index in [9.17, 15) is 14.7 Å². The molecule has 3 aromatic rings. The lowest BCUT2D eigenvalue weighted by Crippen LogP contribution is -2.51. The van der Waals surface area contributed by atoms with Crippen molar-refractivity contribution in [1.29, 1.82) is 0 Å². The van der Waals surface area contributed by atoms with E-state index in [4.69, 9.17) is 0 Å². The van der Waals surface area contributed by atoms with E-state index in [2.05, 4.69) is 51.8 Å². The number of piperidine rings is 1. The minimum atomic E-state index is -0.612. The van der Waals surface area contributed by atoms with Crippen molar-refractivity contribution >= 4 is 11.8 Å². The van der Waals surface area contributed by atoms with Crippen LogP contribution >= 0.6 is 0 Å². The van der Waals surface area contributed by atoms with Gasteiger partial charge in [0, 0.05) is 48.6 Å². The highest BCUT2D eigenvalue weighted by atomic mass is 16.3. The zero-order valence-corrected chi connectivity index (χ0v) is 22.4. The van der Waals surface area contributed by atoms with Crippen molar-refractivity contribution in [2.75, 3.05) is 19.6 Å². The number of aliphatic hydroxyl groups is 1. The molecule has 3 atom stereocenters. The van der Waals surface area contributed by atoms with Crippen molar-refractivity contribution in [3.63, 3.8) is 0 Å². The second-order valence-electron chi connectivity index (χ2n) is 10.7. The lowest BCUT2D eigenvalue weighted by molar-refractivity contribution is -0.135. The number of aliphatic hydroxyl groups excluding tert-OH is 1. The molecule has 2 aromatic carbocycles. The first-order valence-corrected chi connectivity index (χ1v) is 13.9. The molecule has 2 fully saturated rings. The predicted octanol–water partition coefficient (Wildman–Crippen LogP) is 3.46. The topological polar surface area (TPSA) is 107 Å². The normalized spacial score (nSPS) is 19.9. The Morgan fingerprint density at radius 3 is 2.41 bits per heavy atom. The minimum absolute atomic E-state index is 0.0755. The van der Waals surface area contributed by atoms with Crippen LogP contribution in [-0.2, 0) is 4.79 Å². The van der Waals surface area contributed by atoms with Gasteiger partial charge in [-0.2, -0.15) is 0 Å². The molecule has 39 heavy (non-hydrogen) atoms. The molecule has 1 saturated heterocycles. The van der Waals surface area contributed by atoms with Crippen LogP contribution < -0.4 is 10.6 Å². The highest BCUT2D eigenvalue weighted by Crippen LogP contribution is 2.40. The first-order chi connectivity index (χ1) is 19.0. The molecule has 2 heterocycles. The molecule has 5 rings (SSSR count). The average molecular weight is 528 g/mol. The number of nitrogens with zero attached hydrogens (tertiary/aromatic N) is 3. The van der Waals surface area contributed by atoms with Gasteiger partial charge in [0.1, 0.15) is 6.04 Å². The molecule has 1 aromatic heterocycles. The van der Waals surface area contributed by atoms with E-state index in [0.29, 0.717) is 55.7 Å². The molecule has 1 aliphatic heterocycles. The maximum absolute atomic E-state index is 13.4. The van der Waals surface area contributed by atoms with E-state index < -0.39 is 6.04 Å². The first kappa shape index (κ1) is 27.0. The maximum atomic E-state index is 13.4. The van der Waals surface area contributed by atoms with Gasteiger partial charge in [0.25, 0.3) is 5.91 Å². The van der Waals surface area contributed by atoms with Crippen LogP contribution in [0, 0.1) is 6.92 Å². The first-order valence-electron chi connectivity index (χ1n) is 13.9. The number of carbonyl (C=O) groups excluding carboxylic acids is 2. The lowest BCUT2D eigenvalue weighted by Gasteiger charge is -2.32. The van der Waals surface area contributed by atoms with E-state index >= 15 is 0 Å². The van der Waals surface area contributed by atoms with Crippen LogP contribution in [0.3, 0.4) is 0 Å². The smallest absolute Gasteiger partial charge is 0.251 e. The zero-order valence-electron chi connectivity index (χ0n) is 22.4. The molecule has 1 saturated carbocycles. The molecular weight excluding hydrogens is 490 g/mol. The van der Waals surface area contributed by atoms with Crippen molar-refractivity contribution in [3.05, 3.63) is 83.7 Å². The van der Waals surface area contributed by atoms with E-state index in [1.807, 2.05) is 12.1 Å². The van der Waals surface area contributed by atoms with Gasteiger partial charge in [-0.1, -0.05) is 42.0 Å². The summed E-state index contributed by atoms with van der Waals surface area (Å²) in [4.78, 5) is 36.8. The van der Waals surface area contributed by atoms with Gasteiger partial charge in [-0.3, -0.25) is 9.59 Å². The SMILES string of the molecule is Cc1ccc([C@@H]2C[C@H]2NCCC[C@H](NC(=O)c2ccc(-c3ncccn3)cc2)C(=O)N2CCC(O)CC2)cc1. The Hall–Kier alpha value is -3.62. The maximum Gasteiger partial charge on any atom is 0.251 e. The molecule has 0 bridgehead atoms. The summed E-state index contributed by atoms with van der Waals surface area (Å²) in [5.41, 5.74) is 3.95. The molecule has 8 heteroatoms. The Morgan fingerprint density at radius 1 is 1.03 bits per heavy atom. The number of aromatic nitrogens is 2. The van der Waals surface area contributed by atoms with Crippen molar-refractivity contribution in [2.24, 2.45) is 0 Å². The summed E-state index contributed by atoms with van der Waals surface area (Å²) in [6, 6.07) is 17.5. The summed E-state index contributed by atoms with van der Waals surface area (Å²) < 4.78 is 0. The van der Waals surface area contributed by atoms with Crippen LogP contribution in [0.4, 0.5) is 0 Å². The third-order valence-electron chi connectivity index (χ3n) is 7.72. The molecule has 0 radical (unpaired) electrons. The number of carbonyl (C=O) groups is 2. The number of amides is 2. The van der Waals surface area contributed by atoms with Crippen molar-refractivity contribution in [3.8, 4) is 11.4 Å². The molecule has 1 aliphatic carbocycles. The molecule has 3 N–H and O–H groups in total. The summed E-state index contributed by atoms with van der Waals surface area (Å²) in [6.07, 6.45) is 6.58. The second-order valence-corrected chi connectivity index (χ2v) is 10.7. The average Bonchev–Trinajstić information content (AvgIpc) is 3.75. The van der Waals surface area contributed by atoms with Gasteiger partial charge in [0.15, 0.2) is 5.82 Å². The predicted molar refractivity (Wildman–Crippen MR) is 150 cm³/mol. The Kier molecular flexibility index (Phi) is 8.64. The Labute approximate surface area is 229 Å². The number of hydrogen-bond donors (Lipinski definition) is 3. The van der Waals surface area contributed by atoms with Crippen LogP contribution in [0.5, 0.6) is 0 Å². The number of nitrogens with one attached hydrogen (secondary N) is 2. The monoisotopic (exact) mass is 527 g/mol. The Balaban J connectivity index is 1.17. The van der Waals surface area contributed by atoms with Crippen LogP contribution in [0.1, 0.15) is 59.5 Å². The summed E-state index contributed by atoms with van der Waals surface area (Å²) in [6.45, 7) is 3.91. The summed E-state index contributed by atoms with van der Waals surface area (Å²) in [5, 5.41) is 16.5. The van der Waals surface area contributed by atoms with Gasteiger partial charge in [-0.15, -0.1) is 0 Å². The van der Waals surface area contributed by atoms with E-state index in [0.717, 1.165) is 24.9 Å². The standard InChI is InChI=1S/C31H37N5O3/c1-21-5-7-22(8-6-21)26-20-28(26)32-15-2-4-27(31(39)36-18-13-25(37)14-19-36)35-30(38)24-11-9-23(10-12-24)29-33-16-3-17-34-29/h3,5-12,16-17,25-28,32,37H,2,4,13-15,18-20H2,1H3,(H,35,38)/t26-,27-,28+/m0/s1. The highest BCUT2D eigenvalue weighted by molar-refractivity contribution is 5.97. The van der Waals surface area contributed by atoms with E-state index in [-0.39, 0.29) is 17.9 Å². The fourth-order valence-electron chi connectivity index (χ4n) is 5.22. The molecule has 0 unspecified atom stereocenters. The Morgan fingerprint density at radius 2 is 1.72 bits per heavy atom. The van der Waals surface area contributed by atoms with Crippen LogP contribution in [-0.4, -0.2) is 69.6 Å². The van der Waals surface area contributed by atoms with E-state index in [1.165, 1.54) is 11.1 Å². The van der Waals surface area contributed by atoms with Crippen molar-refractivity contribution in [1.82, 2.24) is 25.5 Å². The van der Waals surface area contributed by atoms with Gasteiger partial charge in [-0.25, -0.2) is 9.97 Å². The van der Waals surface area contributed by atoms with Crippen molar-refractivity contribution in [2.45, 2.75) is 63.1 Å². The van der Waals surface area contributed by atoms with E-state index in [1.54, 1.807) is 35.5 Å². The molecular formula is C31H37N5O3. The molecule has 2 aliphatic rings. The Bertz CT molecular complexity index is 1240. The van der Waals surface area contributed by atoms with Crippen LogP contribution in [0.2, 0.25) is 0 Å². The summed E-state index contributed by atoms with van der Waals surface area (Å²) in [5.74, 6) is 0.790. The molecule has 0 spiro atoms. The fourth-order valence-corrected chi connectivity index (χ4v) is 5.22. The third-order valence-corrected chi connectivity index (χ3v) is 7.72. The minimum Gasteiger partial charge on any atom is -0.393 e. The molecule has 8 nitrogen and oxygen atoms in total. The number of likely N-dealkylation sites (tertiary alicyclic amines) is 1.